The first-order valence-corrected chi connectivity index (χ1v) is 9.66. The molecule has 0 saturated carbocycles. The number of aryl methyl sites for hydroxylation is 1. The van der Waals surface area contributed by atoms with Gasteiger partial charge in [0.2, 0.25) is 0 Å². The summed E-state index contributed by atoms with van der Waals surface area (Å²) in [7, 11) is 0. The van der Waals surface area contributed by atoms with Gasteiger partial charge in [0.25, 0.3) is 5.91 Å². The number of carbonyl (C=O) groups excluding carboxylic acids is 2. The van der Waals surface area contributed by atoms with Crippen molar-refractivity contribution in [1.82, 2.24) is 0 Å². The van der Waals surface area contributed by atoms with Crippen molar-refractivity contribution in [2.45, 2.75) is 6.92 Å². The molecule has 7 heteroatoms. The van der Waals surface area contributed by atoms with Crippen molar-refractivity contribution in [3.05, 3.63) is 89.7 Å². The molecule has 0 unspecified atom stereocenters. The van der Waals surface area contributed by atoms with Gasteiger partial charge >= 0.3 is 5.97 Å². The lowest BCUT2D eigenvalue weighted by Crippen LogP contribution is -2.21. The lowest BCUT2D eigenvalue weighted by molar-refractivity contribution is -0.118. The summed E-state index contributed by atoms with van der Waals surface area (Å²) in [5.41, 5.74) is 1.35. The van der Waals surface area contributed by atoms with Gasteiger partial charge in [-0.2, -0.15) is 0 Å². The molecule has 160 valence electrons. The Balaban J connectivity index is 1.49. The predicted molar refractivity (Wildman–Crippen MR) is 114 cm³/mol. The number of rotatable bonds is 9. The molecule has 6 nitrogen and oxygen atoms in total. The molecule has 1 N–H and O–H groups in total. The molecule has 0 aliphatic heterocycles. The van der Waals surface area contributed by atoms with E-state index in [1.54, 1.807) is 24.3 Å². The van der Waals surface area contributed by atoms with Crippen molar-refractivity contribution < 1.29 is 28.2 Å². The Morgan fingerprint density at radius 1 is 0.871 bits per heavy atom. The van der Waals surface area contributed by atoms with Crippen molar-refractivity contribution in [1.29, 1.82) is 0 Å². The smallest absolute Gasteiger partial charge is 0.342 e. The van der Waals surface area contributed by atoms with Gasteiger partial charge in [-0.25, -0.2) is 9.18 Å². The number of para-hydroxylation sites is 2. The van der Waals surface area contributed by atoms with E-state index in [2.05, 4.69) is 5.32 Å². The predicted octanol–water partition coefficient (Wildman–Crippen LogP) is 4.39. The maximum atomic E-state index is 13.6. The minimum Gasteiger partial charge on any atom is -0.490 e. The molecule has 0 atom stereocenters. The average molecular weight is 423 g/mol. The van der Waals surface area contributed by atoms with Gasteiger partial charge in [-0.1, -0.05) is 42.0 Å². The number of esters is 1. The molecule has 0 aliphatic rings. The number of halogens is 1. The van der Waals surface area contributed by atoms with E-state index in [1.165, 1.54) is 24.3 Å². The van der Waals surface area contributed by atoms with Crippen LogP contribution in [0.1, 0.15) is 15.9 Å². The summed E-state index contributed by atoms with van der Waals surface area (Å²) in [6.07, 6.45) is 0. The van der Waals surface area contributed by atoms with Crippen LogP contribution in [0.15, 0.2) is 72.8 Å². The van der Waals surface area contributed by atoms with Crippen molar-refractivity contribution >= 4 is 17.6 Å². The molecule has 3 aromatic rings. The zero-order valence-corrected chi connectivity index (χ0v) is 17.0. The Morgan fingerprint density at radius 2 is 1.58 bits per heavy atom. The molecule has 31 heavy (non-hydrogen) atoms. The molecular weight excluding hydrogens is 401 g/mol. The van der Waals surface area contributed by atoms with Crippen LogP contribution in [0.3, 0.4) is 0 Å². The molecule has 3 rings (SSSR count). The van der Waals surface area contributed by atoms with Gasteiger partial charge < -0.3 is 19.5 Å². The third-order valence-electron chi connectivity index (χ3n) is 4.22. The van der Waals surface area contributed by atoms with Crippen molar-refractivity contribution in [3.63, 3.8) is 0 Å². The van der Waals surface area contributed by atoms with Crippen LogP contribution in [0.2, 0.25) is 0 Å². The van der Waals surface area contributed by atoms with E-state index in [4.69, 9.17) is 14.2 Å². The van der Waals surface area contributed by atoms with Crippen LogP contribution >= 0.6 is 0 Å². The molecule has 0 saturated heterocycles. The normalized spacial score (nSPS) is 10.3. The Kier molecular flexibility index (Phi) is 7.59. The summed E-state index contributed by atoms with van der Waals surface area (Å²) in [5, 5.41) is 2.42. The quantitative estimate of drug-likeness (QED) is 0.408. The first kappa shape index (κ1) is 21.8. The minimum absolute atomic E-state index is 0.0504. The number of benzene rings is 3. The molecule has 0 aliphatic carbocycles. The highest BCUT2D eigenvalue weighted by Crippen LogP contribution is 2.19. The number of hydrogen-bond acceptors (Lipinski definition) is 5. The second-order valence-electron chi connectivity index (χ2n) is 6.61. The highest BCUT2D eigenvalue weighted by atomic mass is 19.1. The van der Waals surface area contributed by atoms with Crippen LogP contribution in [0.25, 0.3) is 0 Å². The molecule has 0 fully saturated rings. The minimum atomic E-state index is -0.599. The highest BCUT2D eigenvalue weighted by Gasteiger charge is 2.15. The highest BCUT2D eigenvalue weighted by molar-refractivity contribution is 5.94. The Hall–Kier alpha value is -3.87. The summed E-state index contributed by atoms with van der Waals surface area (Å²) in [6.45, 7) is 1.83. The van der Waals surface area contributed by atoms with Crippen LogP contribution in [0, 0.1) is 12.7 Å². The van der Waals surface area contributed by atoms with E-state index in [9.17, 15) is 14.0 Å². The summed E-state index contributed by atoms with van der Waals surface area (Å²) >= 11 is 0. The van der Waals surface area contributed by atoms with Crippen LogP contribution < -0.4 is 14.8 Å². The maximum absolute atomic E-state index is 13.6. The summed E-state index contributed by atoms with van der Waals surface area (Å²) in [6, 6.07) is 19.8. The average Bonchev–Trinajstić information content (AvgIpc) is 2.78. The molecule has 0 radical (unpaired) electrons. The second-order valence-corrected chi connectivity index (χ2v) is 6.61. The van der Waals surface area contributed by atoms with Gasteiger partial charge in [0.1, 0.15) is 36.1 Å². The Labute approximate surface area is 179 Å². The number of anilines is 1. The maximum Gasteiger partial charge on any atom is 0.342 e. The summed E-state index contributed by atoms with van der Waals surface area (Å²) in [5.74, 6) is -0.827. The van der Waals surface area contributed by atoms with E-state index >= 15 is 0 Å². The molecule has 0 bridgehead atoms. The lowest BCUT2D eigenvalue weighted by Gasteiger charge is -2.12. The second kappa shape index (κ2) is 10.8. The van der Waals surface area contributed by atoms with Gasteiger partial charge in [0, 0.05) is 0 Å². The van der Waals surface area contributed by atoms with Crippen molar-refractivity contribution in [2.75, 3.05) is 25.1 Å². The molecule has 0 heterocycles. The van der Waals surface area contributed by atoms with E-state index in [-0.39, 0.29) is 30.2 Å². The van der Waals surface area contributed by atoms with E-state index < -0.39 is 24.3 Å². The van der Waals surface area contributed by atoms with Gasteiger partial charge in [-0.15, -0.1) is 0 Å². The number of carbonyl (C=O) groups is 2. The number of nitrogens with one attached hydrogen (secondary N) is 1. The standard InChI is InChI=1S/C24H22FNO5/c1-17-10-12-18(13-11-17)29-14-15-30-24(28)19-6-2-5-9-22(19)31-16-23(27)26-21-8-4-3-7-20(21)25/h2-13H,14-16H2,1H3,(H,26,27). The fraction of sp³-hybridized carbons (Fsp3) is 0.167. The lowest BCUT2D eigenvalue weighted by atomic mass is 10.2. The summed E-state index contributed by atoms with van der Waals surface area (Å²) in [4.78, 5) is 24.4. The fourth-order valence-corrected chi connectivity index (χ4v) is 2.66. The first-order valence-electron chi connectivity index (χ1n) is 9.66. The van der Waals surface area contributed by atoms with Gasteiger partial charge in [0.15, 0.2) is 6.61 Å². The molecule has 1 amide bonds. The zero-order chi connectivity index (χ0) is 22.1. The van der Waals surface area contributed by atoms with Gasteiger partial charge in [-0.3, -0.25) is 4.79 Å². The molecular formula is C24H22FNO5. The molecule has 0 aromatic heterocycles. The van der Waals surface area contributed by atoms with Crippen LogP contribution in [-0.4, -0.2) is 31.7 Å². The topological polar surface area (TPSA) is 73.9 Å². The molecule has 0 spiro atoms. The SMILES string of the molecule is Cc1ccc(OCCOC(=O)c2ccccc2OCC(=O)Nc2ccccc2F)cc1. The van der Waals surface area contributed by atoms with Crippen LogP contribution in [0.5, 0.6) is 11.5 Å². The number of ether oxygens (including phenoxy) is 3. The van der Waals surface area contributed by atoms with Crippen molar-refractivity contribution in [3.8, 4) is 11.5 Å². The monoisotopic (exact) mass is 423 g/mol. The Bertz CT molecular complexity index is 1040. The number of hydrogen-bond donors (Lipinski definition) is 1. The van der Waals surface area contributed by atoms with Gasteiger partial charge in [-0.05, 0) is 43.3 Å². The van der Waals surface area contributed by atoms with E-state index in [0.29, 0.717) is 5.75 Å². The third-order valence-corrected chi connectivity index (χ3v) is 4.22. The summed E-state index contributed by atoms with van der Waals surface area (Å²) < 4.78 is 29.9. The Morgan fingerprint density at radius 3 is 2.35 bits per heavy atom. The van der Waals surface area contributed by atoms with Crippen LogP contribution in [-0.2, 0) is 9.53 Å². The molecule has 3 aromatic carbocycles. The first-order chi connectivity index (χ1) is 15.0. The van der Waals surface area contributed by atoms with E-state index in [0.717, 1.165) is 5.56 Å². The van der Waals surface area contributed by atoms with E-state index in [1.807, 2.05) is 31.2 Å². The fourth-order valence-electron chi connectivity index (χ4n) is 2.66. The largest absolute Gasteiger partial charge is 0.490 e. The number of amides is 1. The third kappa shape index (κ3) is 6.57. The zero-order valence-electron chi connectivity index (χ0n) is 17.0. The van der Waals surface area contributed by atoms with Crippen molar-refractivity contribution in [2.24, 2.45) is 0 Å². The van der Waals surface area contributed by atoms with Crippen LogP contribution in [0.4, 0.5) is 10.1 Å². The van der Waals surface area contributed by atoms with Gasteiger partial charge in [0.05, 0.1) is 5.69 Å².